The van der Waals surface area contributed by atoms with Crippen LogP contribution in [0.25, 0.3) is 32.9 Å². The fraction of sp³-hybridized carbons (Fsp3) is 0.548. The Morgan fingerprint density at radius 1 is 1.03 bits per heavy atom. The molecule has 4 saturated heterocycles. The number of benzene rings is 2. The summed E-state index contributed by atoms with van der Waals surface area (Å²) in [5, 5.41) is 3.72. The number of halogens is 4. The molecule has 0 aliphatic carbocycles. The summed E-state index contributed by atoms with van der Waals surface area (Å²) in [6, 6.07) is 5.64. The van der Waals surface area contributed by atoms with Crippen molar-refractivity contribution in [2.45, 2.75) is 94.9 Å². The van der Waals surface area contributed by atoms with E-state index >= 15 is 13.2 Å². The van der Waals surface area contributed by atoms with Gasteiger partial charge in [0.1, 0.15) is 47.5 Å². The molecule has 1 N–H and O–H groups in total. The number of nitrogens with one attached hydrogen (secondary N) is 1. The van der Waals surface area contributed by atoms with Crippen molar-refractivity contribution in [3.8, 4) is 23.0 Å². The number of pyridine rings is 1. The van der Waals surface area contributed by atoms with E-state index in [9.17, 15) is 14.0 Å². The van der Waals surface area contributed by atoms with Gasteiger partial charge in [0.25, 0.3) is 0 Å². The Morgan fingerprint density at radius 2 is 1.83 bits per heavy atom. The summed E-state index contributed by atoms with van der Waals surface area (Å²) in [5.41, 5.74) is -1.77. The number of ether oxygens (including phenoxy) is 4. The number of hydrogen-bond acceptors (Lipinski definition) is 11. The second-order valence-corrected chi connectivity index (χ2v) is 17.1. The van der Waals surface area contributed by atoms with Gasteiger partial charge in [-0.05, 0) is 87.5 Å². The summed E-state index contributed by atoms with van der Waals surface area (Å²) >= 11 is 0. The number of hydrogen-bond donors (Lipinski definition) is 1. The lowest BCUT2D eigenvalue weighted by atomic mass is 9.90. The van der Waals surface area contributed by atoms with E-state index in [1.807, 2.05) is 13.8 Å². The zero-order valence-corrected chi connectivity index (χ0v) is 33.2. The lowest BCUT2D eigenvalue weighted by Crippen LogP contribution is -2.60. The second kappa shape index (κ2) is 15.2. The summed E-state index contributed by atoms with van der Waals surface area (Å²) in [6.45, 7) is 6.95. The van der Waals surface area contributed by atoms with Gasteiger partial charge in [0.2, 0.25) is 0 Å². The molecule has 6 bridgehead atoms. The summed E-state index contributed by atoms with van der Waals surface area (Å²) in [7, 11) is 0. The highest BCUT2D eigenvalue weighted by atomic mass is 19.1. The quantitative estimate of drug-likeness (QED) is 0.222. The molecule has 59 heavy (non-hydrogen) atoms. The minimum absolute atomic E-state index is 0.0243. The van der Waals surface area contributed by atoms with Crippen LogP contribution >= 0.6 is 0 Å². The van der Waals surface area contributed by atoms with E-state index in [0.29, 0.717) is 36.8 Å². The molecule has 13 nitrogen and oxygen atoms in total. The first kappa shape index (κ1) is 39.4. The van der Waals surface area contributed by atoms with Crippen molar-refractivity contribution in [1.29, 1.82) is 0 Å². The molecular weight excluding hydrogens is 774 g/mol. The first-order chi connectivity index (χ1) is 28.3. The number of aryl methyl sites for hydroxylation is 1. The van der Waals surface area contributed by atoms with Crippen molar-refractivity contribution in [2.75, 3.05) is 57.4 Å². The maximum atomic E-state index is 17.6. The lowest BCUT2D eigenvalue weighted by Gasteiger charge is -2.42. The fourth-order valence-corrected chi connectivity index (χ4v) is 9.92. The zero-order valence-electron chi connectivity index (χ0n) is 33.2. The maximum absolute atomic E-state index is 17.6. The Hall–Kier alpha value is -5.03. The summed E-state index contributed by atoms with van der Waals surface area (Å²) in [5.74, 6) is -1.27. The smallest absolute Gasteiger partial charge is 0.415 e. The number of anilines is 1. The number of fused-ring (bicyclic) bond motifs is 7. The van der Waals surface area contributed by atoms with E-state index in [0.717, 1.165) is 13.0 Å². The third kappa shape index (κ3) is 7.55. The highest BCUT2D eigenvalue weighted by Crippen LogP contribution is 2.43. The maximum Gasteiger partial charge on any atom is 0.415 e. The minimum atomic E-state index is -1.42. The van der Waals surface area contributed by atoms with E-state index in [4.69, 9.17) is 23.9 Å². The Kier molecular flexibility index (Phi) is 10.2. The van der Waals surface area contributed by atoms with Gasteiger partial charge in [-0.1, -0.05) is 6.07 Å². The lowest BCUT2D eigenvalue weighted by molar-refractivity contribution is -0.0592. The number of aromatic nitrogens is 3. The van der Waals surface area contributed by atoms with Crippen LogP contribution in [-0.4, -0.2) is 125 Å². The third-order valence-corrected chi connectivity index (χ3v) is 12.3. The molecule has 2 aromatic heterocycles. The second-order valence-electron chi connectivity index (χ2n) is 17.1. The van der Waals surface area contributed by atoms with Gasteiger partial charge < -0.3 is 34.1 Å². The van der Waals surface area contributed by atoms with E-state index in [1.165, 1.54) is 29.3 Å². The number of amides is 2. The molecule has 0 spiro atoms. The number of nitrogens with zero attached hydrogens (tertiary/aromatic N) is 6. The van der Waals surface area contributed by atoms with Crippen LogP contribution < -0.4 is 19.7 Å². The molecule has 0 radical (unpaired) electrons. The summed E-state index contributed by atoms with van der Waals surface area (Å²) in [4.78, 5) is 45.8. The first-order valence-corrected chi connectivity index (χ1v) is 20.4. The highest BCUT2D eigenvalue weighted by Gasteiger charge is 2.49. The van der Waals surface area contributed by atoms with Crippen LogP contribution in [0.5, 0.6) is 11.8 Å². The minimum Gasteiger partial charge on any atom is -0.461 e. The monoisotopic (exact) mass is 821 g/mol. The molecule has 6 atom stereocenters. The largest absolute Gasteiger partial charge is 0.461 e. The van der Waals surface area contributed by atoms with Crippen LogP contribution in [0.15, 0.2) is 30.5 Å². The van der Waals surface area contributed by atoms with Gasteiger partial charge in [-0.3, -0.25) is 9.88 Å². The number of morpholine rings is 1. The topological polar surface area (TPSA) is 131 Å². The van der Waals surface area contributed by atoms with Crippen LogP contribution in [0.4, 0.5) is 33.0 Å². The van der Waals surface area contributed by atoms with E-state index in [2.05, 4.69) is 20.2 Å². The Bertz CT molecular complexity index is 2310. The van der Waals surface area contributed by atoms with Crippen molar-refractivity contribution in [2.24, 2.45) is 0 Å². The first-order valence-electron chi connectivity index (χ1n) is 20.4. The molecule has 0 unspecified atom stereocenters. The van der Waals surface area contributed by atoms with E-state index in [-0.39, 0.29) is 109 Å². The normalized spacial score (nSPS) is 28.8. The third-order valence-electron chi connectivity index (χ3n) is 12.3. The van der Waals surface area contributed by atoms with Crippen molar-refractivity contribution < 1.29 is 46.1 Å². The Morgan fingerprint density at radius 3 is 2.64 bits per heavy atom. The molecule has 314 valence electrons. The molecule has 4 aromatic rings. The van der Waals surface area contributed by atoms with Gasteiger partial charge in [0.05, 0.1) is 54.9 Å². The number of carbonyl (C=O) groups is 2. The standard InChI is InChI=1S/C42H47F4N7O6/c1-23-17-51(18-24(2)58-23)40(55)59-28-12-25-7-8-32(45)29-6-4-11-56-39(54)50-41(3)14-26(43)19-52(21-41)37-31-16-47-35(30(13-28)33(25)29)34(46)36(31)48-38(49-37)57-22-42-9-5-10-53(42)20-27(44)15-42/h7-8,12-13,16,23-24,26-27H,4-6,9-11,14-15,17-22H2,1-3H3,(H,50,54)/t23-,24+,26-,27-,41-,42+/m1/s1. The average Bonchev–Trinajstić information content (AvgIpc) is 3.70. The van der Waals surface area contributed by atoms with Crippen LogP contribution in [-0.2, 0) is 15.9 Å². The molecule has 2 amide bonds. The van der Waals surface area contributed by atoms with Crippen molar-refractivity contribution in [1.82, 2.24) is 30.1 Å². The van der Waals surface area contributed by atoms with Gasteiger partial charge in [-0.15, -0.1) is 0 Å². The highest BCUT2D eigenvalue weighted by molar-refractivity contribution is 6.02. The SMILES string of the molecule is C[C@@H]1CN(C(=O)Oc2cc3c4c(c(F)ccc4c2)CCCOC(=O)N[C@]2(C)C[C@@H](F)CN(C2)c2nc(OC[C@@]45CCCN4C[C@H](F)C5)nc4c(F)c-3ncc24)C[C@H](C)O1. The average molecular weight is 822 g/mol. The van der Waals surface area contributed by atoms with Crippen molar-refractivity contribution >= 4 is 39.7 Å². The number of alkyl halides is 2. The molecule has 6 aliphatic heterocycles. The summed E-state index contributed by atoms with van der Waals surface area (Å²) < 4.78 is 87.4. The molecule has 10 rings (SSSR count). The van der Waals surface area contributed by atoms with E-state index in [1.54, 1.807) is 17.9 Å². The molecule has 8 heterocycles. The molecule has 6 aliphatic rings. The van der Waals surface area contributed by atoms with Gasteiger partial charge in [0, 0.05) is 37.7 Å². The van der Waals surface area contributed by atoms with Crippen molar-refractivity contribution in [3.63, 3.8) is 0 Å². The fourth-order valence-electron chi connectivity index (χ4n) is 9.92. The van der Waals surface area contributed by atoms with Crippen LogP contribution in [0.1, 0.15) is 58.4 Å². The molecule has 2 aromatic carbocycles. The van der Waals surface area contributed by atoms with Gasteiger partial charge in [-0.25, -0.2) is 27.2 Å². The van der Waals surface area contributed by atoms with Gasteiger partial charge >= 0.3 is 18.2 Å². The van der Waals surface area contributed by atoms with Crippen LogP contribution in [0.2, 0.25) is 0 Å². The molecule has 0 saturated carbocycles. The van der Waals surface area contributed by atoms with Crippen LogP contribution in [0.3, 0.4) is 0 Å². The number of alkyl carbamates (subject to hydrolysis) is 1. The number of rotatable bonds is 4. The molecule has 4 fully saturated rings. The number of piperidine rings is 1. The predicted octanol–water partition coefficient (Wildman–Crippen LogP) is 6.67. The van der Waals surface area contributed by atoms with Gasteiger partial charge in [0.15, 0.2) is 5.82 Å². The zero-order chi connectivity index (χ0) is 41.2. The van der Waals surface area contributed by atoms with Crippen LogP contribution in [0, 0.1) is 11.6 Å². The summed E-state index contributed by atoms with van der Waals surface area (Å²) in [6.07, 6.45) is -0.760. The predicted molar refractivity (Wildman–Crippen MR) is 209 cm³/mol. The number of carbonyl (C=O) groups excluding carboxylic acids is 2. The molecular formula is C42H47F4N7O6. The molecule has 17 heteroatoms. The Balaban J connectivity index is 1.21. The van der Waals surface area contributed by atoms with E-state index < -0.39 is 47.2 Å². The van der Waals surface area contributed by atoms with Gasteiger partial charge in [-0.2, -0.15) is 9.97 Å². The Labute approximate surface area is 338 Å². The van der Waals surface area contributed by atoms with Crippen molar-refractivity contribution in [3.05, 3.63) is 47.7 Å².